The van der Waals surface area contributed by atoms with E-state index in [4.69, 9.17) is 4.74 Å². The quantitative estimate of drug-likeness (QED) is 0.0843. The minimum Gasteiger partial charge on any atom is -0.444 e. The number of fused-ring (bicyclic) bond motifs is 1. The number of Topliss-reactive ketones (excluding diaryl/α,β-unsaturated/α-hetero) is 1. The zero-order valence-corrected chi connectivity index (χ0v) is 32.3. The van der Waals surface area contributed by atoms with E-state index in [0.29, 0.717) is 37.8 Å². The van der Waals surface area contributed by atoms with Gasteiger partial charge >= 0.3 is 6.09 Å². The summed E-state index contributed by atoms with van der Waals surface area (Å²) in [4.78, 5) is 67.9. The molecule has 294 valence electrons. The highest BCUT2D eigenvalue weighted by Crippen LogP contribution is 2.26. The number of nitrogens with zero attached hydrogens (tertiary/aromatic N) is 1. The number of nitrogens with one attached hydrogen (secondary N) is 3. The van der Waals surface area contributed by atoms with Crippen molar-refractivity contribution in [3.63, 3.8) is 0 Å². The molecule has 2 atom stereocenters. The van der Waals surface area contributed by atoms with Crippen LogP contribution in [0.3, 0.4) is 0 Å². The van der Waals surface area contributed by atoms with E-state index in [1.807, 2.05) is 84.9 Å². The molecule has 3 N–H and O–H groups in total. The van der Waals surface area contributed by atoms with Gasteiger partial charge in [0.15, 0.2) is 5.78 Å². The van der Waals surface area contributed by atoms with E-state index in [1.54, 1.807) is 20.8 Å². The number of benzene rings is 4. The van der Waals surface area contributed by atoms with Gasteiger partial charge in [0.1, 0.15) is 23.5 Å². The molecule has 11 heteroatoms. The number of alkyl carbamates (subject to hydrolysis) is 1. The minimum atomic E-state index is -0.881. The van der Waals surface area contributed by atoms with E-state index in [1.165, 1.54) is 29.2 Å². The average Bonchev–Trinajstić information content (AvgIpc) is 3.19. The van der Waals surface area contributed by atoms with Crippen LogP contribution in [0, 0.1) is 5.82 Å². The second-order valence-electron chi connectivity index (χ2n) is 15.0. The first-order valence-corrected chi connectivity index (χ1v) is 19.2. The molecule has 1 aliphatic heterocycles. The van der Waals surface area contributed by atoms with Gasteiger partial charge in [-0.1, -0.05) is 84.9 Å². The lowest BCUT2D eigenvalue weighted by atomic mass is 9.91. The van der Waals surface area contributed by atoms with Crippen molar-refractivity contribution in [2.45, 2.75) is 89.4 Å². The van der Waals surface area contributed by atoms with Crippen LogP contribution in [0.2, 0.25) is 0 Å². The van der Waals surface area contributed by atoms with Crippen LogP contribution in [-0.4, -0.2) is 65.3 Å². The van der Waals surface area contributed by atoms with E-state index in [9.17, 15) is 28.4 Å². The molecule has 0 spiro atoms. The molecule has 0 bridgehead atoms. The van der Waals surface area contributed by atoms with Gasteiger partial charge in [0.25, 0.3) is 0 Å². The van der Waals surface area contributed by atoms with Crippen LogP contribution in [0.25, 0.3) is 0 Å². The van der Waals surface area contributed by atoms with Crippen molar-refractivity contribution < 1.29 is 33.1 Å². The molecule has 0 radical (unpaired) electrons. The van der Waals surface area contributed by atoms with Crippen LogP contribution < -0.4 is 16.0 Å². The second-order valence-corrected chi connectivity index (χ2v) is 15.0. The zero-order chi connectivity index (χ0) is 40.1. The Morgan fingerprint density at radius 2 is 1.38 bits per heavy atom. The lowest BCUT2D eigenvalue weighted by Gasteiger charge is -2.36. The van der Waals surface area contributed by atoms with E-state index in [2.05, 4.69) is 16.0 Å². The SMILES string of the molecule is CC(C)(C)OC(=O)N[C@@H](CCCCNC(=O)[C@@H]1Cc2ccccc2CN1C(=O)CCC(=O)c1ccc(F)cc1)C(=O)NCC(c1ccccc1)c1ccccc1. The molecule has 56 heavy (non-hydrogen) atoms. The highest BCUT2D eigenvalue weighted by atomic mass is 19.1. The second kappa shape index (κ2) is 19.7. The number of ketones is 1. The Kier molecular flexibility index (Phi) is 14.5. The molecule has 0 unspecified atom stereocenters. The van der Waals surface area contributed by atoms with E-state index >= 15 is 0 Å². The van der Waals surface area contributed by atoms with E-state index in [0.717, 1.165) is 22.3 Å². The maximum absolute atomic E-state index is 13.7. The fraction of sp³-hybridized carbons (Fsp3) is 0.356. The Balaban J connectivity index is 1.18. The summed E-state index contributed by atoms with van der Waals surface area (Å²) in [7, 11) is 0. The van der Waals surface area contributed by atoms with Gasteiger partial charge in [-0.3, -0.25) is 19.2 Å². The summed E-state index contributed by atoms with van der Waals surface area (Å²) in [5.41, 5.74) is 3.58. The Morgan fingerprint density at radius 3 is 2.00 bits per heavy atom. The molecule has 4 aromatic rings. The van der Waals surface area contributed by atoms with Crippen molar-refractivity contribution >= 4 is 29.6 Å². The maximum Gasteiger partial charge on any atom is 0.408 e. The number of hydrogen-bond donors (Lipinski definition) is 3. The summed E-state index contributed by atoms with van der Waals surface area (Å²) >= 11 is 0. The molecule has 0 fully saturated rings. The summed E-state index contributed by atoms with van der Waals surface area (Å²) in [5.74, 6) is -1.81. The molecule has 4 amide bonds. The van der Waals surface area contributed by atoms with Crippen LogP contribution in [0.4, 0.5) is 9.18 Å². The molecule has 1 heterocycles. The van der Waals surface area contributed by atoms with Crippen molar-refractivity contribution in [1.82, 2.24) is 20.9 Å². The highest BCUT2D eigenvalue weighted by Gasteiger charge is 2.34. The lowest BCUT2D eigenvalue weighted by molar-refractivity contribution is -0.141. The fourth-order valence-corrected chi connectivity index (χ4v) is 6.81. The third-order valence-electron chi connectivity index (χ3n) is 9.71. The van der Waals surface area contributed by atoms with E-state index in [-0.39, 0.29) is 55.4 Å². The zero-order valence-electron chi connectivity index (χ0n) is 32.3. The number of hydrogen-bond acceptors (Lipinski definition) is 6. The summed E-state index contributed by atoms with van der Waals surface area (Å²) in [6.45, 7) is 6.09. The molecule has 0 saturated carbocycles. The predicted octanol–water partition coefficient (Wildman–Crippen LogP) is 6.87. The number of carbonyl (C=O) groups excluding carboxylic acids is 5. The standard InChI is InChI=1S/C45H51FN4O6/c1-45(2,3)56-44(55)49-38(42(53)48-29-37(31-14-6-4-7-15-31)32-16-8-5-9-17-32)20-12-13-27-47-43(54)39-28-34-18-10-11-19-35(34)30-50(39)41(52)26-25-40(51)33-21-23-36(46)24-22-33/h4-11,14-19,21-24,37-39H,12-13,20,25-30H2,1-3H3,(H,47,54)(H,48,53)(H,49,55)/t38-,39-/m0/s1. The first-order valence-electron chi connectivity index (χ1n) is 19.2. The van der Waals surface area contributed by atoms with Gasteiger partial charge in [-0.2, -0.15) is 0 Å². The summed E-state index contributed by atoms with van der Waals surface area (Å²) in [6, 6.07) is 31.0. The van der Waals surface area contributed by atoms with Crippen LogP contribution in [-0.2, 0) is 32.1 Å². The average molecular weight is 763 g/mol. The third-order valence-corrected chi connectivity index (χ3v) is 9.71. The van der Waals surface area contributed by atoms with Gasteiger partial charge in [-0.25, -0.2) is 9.18 Å². The number of ether oxygens (including phenoxy) is 1. The molecule has 0 aliphatic carbocycles. The monoisotopic (exact) mass is 762 g/mol. The van der Waals surface area contributed by atoms with Crippen LogP contribution >= 0.6 is 0 Å². The van der Waals surface area contributed by atoms with Crippen LogP contribution in [0.1, 0.15) is 91.4 Å². The van der Waals surface area contributed by atoms with Crippen molar-refractivity contribution in [3.05, 3.63) is 143 Å². The molecule has 5 rings (SSSR count). The Labute approximate surface area is 328 Å². The maximum atomic E-state index is 13.7. The van der Waals surface area contributed by atoms with Gasteiger partial charge in [0, 0.05) is 50.4 Å². The number of carbonyl (C=O) groups is 5. The molecule has 0 aromatic heterocycles. The van der Waals surface area contributed by atoms with E-state index < -0.39 is 29.6 Å². The fourth-order valence-electron chi connectivity index (χ4n) is 6.81. The summed E-state index contributed by atoms with van der Waals surface area (Å²) in [5, 5.41) is 8.76. The van der Waals surface area contributed by atoms with Crippen molar-refractivity contribution in [2.24, 2.45) is 0 Å². The summed E-state index contributed by atoms with van der Waals surface area (Å²) in [6.07, 6.45) is 0.772. The number of unbranched alkanes of at least 4 members (excludes halogenated alkanes) is 1. The Hall–Kier alpha value is -5.84. The van der Waals surface area contributed by atoms with Crippen LogP contribution in [0.15, 0.2) is 109 Å². The summed E-state index contributed by atoms with van der Waals surface area (Å²) < 4.78 is 18.8. The molecule has 1 aliphatic rings. The first-order chi connectivity index (χ1) is 26.9. The van der Waals surface area contributed by atoms with Crippen molar-refractivity contribution in [3.8, 4) is 0 Å². The van der Waals surface area contributed by atoms with Crippen molar-refractivity contribution in [1.29, 1.82) is 0 Å². The molecular weight excluding hydrogens is 712 g/mol. The first kappa shape index (κ1) is 41.3. The molecular formula is C45H51FN4O6. The number of amides is 4. The van der Waals surface area contributed by atoms with Crippen LogP contribution in [0.5, 0.6) is 0 Å². The normalized spacial score (nSPS) is 14.3. The number of rotatable bonds is 16. The smallest absolute Gasteiger partial charge is 0.408 e. The minimum absolute atomic E-state index is 0.0673. The van der Waals surface area contributed by atoms with Crippen molar-refractivity contribution in [2.75, 3.05) is 13.1 Å². The predicted molar refractivity (Wildman–Crippen MR) is 212 cm³/mol. The van der Waals surface area contributed by atoms with Gasteiger partial charge in [0.2, 0.25) is 17.7 Å². The Morgan fingerprint density at radius 1 is 0.768 bits per heavy atom. The van der Waals surface area contributed by atoms with Gasteiger partial charge in [-0.05, 0) is 86.6 Å². The van der Waals surface area contributed by atoms with Gasteiger partial charge in [-0.15, -0.1) is 0 Å². The highest BCUT2D eigenvalue weighted by molar-refractivity contribution is 5.98. The molecule has 0 saturated heterocycles. The van der Waals surface area contributed by atoms with Gasteiger partial charge < -0.3 is 25.6 Å². The third kappa shape index (κ3) is 12.1. The topological polar surface area (TPSA) is 134 Å². The molecule has 4 aromatic carbocycles. The lowest BCUT2D eigenvalue weighted by Crippen LogP contribution is -2.52. The Bertz CT molecular complexity index is 1910. The number of halogens is 1. The molecule has 10 nitrogen and oxygen atoms in total. The largest absolute Gasteiger partial charge is 0.444 e. The van der Waals surface area contributed by atoms with Gasteiger partial charge in [0.05, 0.1) is 0 Å².